The average Bonchev–Trinajstić information content (AvgIpc) is 2.46. The van der Waals surface area contributed by atoms with Crippen LogP contribution in [0, 0.1) is 10.1 Å². The fourth-order valence-corrected chi connectivity index (χ4v) is 1.94. The summed E-state index contributed by atoms with van der Waals surface area (Å²) in [7, 11) is 1.61. The maximum atomic E-state index is 10.8. The van der Waals surface area contributed by atoms with Gasteiger partial charge in [-0.05, 0) is 29.8 Å². The first kappa shape index (κ1) is 14.1. The van der Waals surface area contributed by atoms with Gasteiger partial charge in [0.05, 0.1) is 12.0 Å². The molecule has 0 spiro atoms. The van der Waals surface area contributed by atoms with E-state index in [4.69, 9.17) is 16.3 Å². The highest BCUT2D eigenvalue weighted by Crippen LogP contribution is 2.27. The molecule has 0 atom stereocenters. The van der Waals surface area contributed by atoms with Gasteiger partial charge in [0.2, 0.25) is 0 Å². The third-order valence-electron chi connectivity index (χ3n) is 2.77. The van der Waals surface area contributed by atoms with Crippen molar-refractivity contribution in [3.05, 3.63) is 63.2 Å². The Balaban J connectivity index is 2.10. The van der Waals surface area contributed by atoms with Gasteiger partial charge in [0.1, 0.15) is 10.8 Å². The molecule has 0 unspecified atom stereocenters. The largest absolute Gasteiger partial charge is 0.497 e. The summed E-state index contributed by atoms with van der Waals surface area (Å²) >= 11 is 5.76. The predicted octanol–water partition coefficient (Wildman–Crippen LogP) is 3.87. The summed E-state index contributed by atoms with van der Waals surface area (Å²) < 4.78 is 5.14. The van der Waals surface area contributed by atoms with Gasteiger partial charge < -0.3 is 10.1 Å². The Morgan fingerprint density at radius 1 is 1.30 bits per heavy atom. The Kier molecular flexibility index (Phi) is 4.42. The van der Waals surface area contributed by atoms with Crippen molar-refractivity contribution in [3.8, 4) is 5.75 Å². The minimum atomic E-state index is -0.501. The van der Waals surface area contributed by atoms with Crippen LogP contribution in [0.5, 0.6) is 5.75 Å². The first-order valence-electron chi connectivity index (χ1n) is 5.91. The third-order valence-corrected chi connectivity index (χ3v) is 3.09. The lowest BCUT2D eigenvalue weighted by Crippen LogP contribution is -2.00. The van der Waals surface area contributed by atoms with Gasteiger partial charge in [-0.15, -0.1) is 0 Å². The highest BCUT2D eigenvalue weighted by molar-refractivity contribution is 6.32. The van der Waals surface area contributed by atoms with Crippen molar-refractivity contribution in [2.45, 2.75) is 6.54 Å². The Morgan fingerprint density at radius 2 is 2.10 bits per heavy atom. The van der Waals surface area contributed by atoms with Gasteiger partial charge in [0.15, 0.2) is 0 Å². The molecule has 2 aromatic rings. The van der Waals surface area contributed by atoms with Crippen molar-refractivity contribution in [3.63, 3.8) is 0 Å². The zero-order valence-electron chi connectivity index (χ0n) is 10.8. The molecule has 1 N–H and O–H groups in total. The number of ether oxygens (including phenoxy) is 1. The number of methoxy groups -OCH3 is 1. The maximum Gasteiger partial charge on any atom is 0.289 e. The third kappa shape index (κ3) is 3.39. The lowest BCUT2D eigenvalue weighted by molar-refractivity contribution is -0.384. The number of anilines is 1. The molecule has 0 saturated carbocycles. The van der Waals surface area contributed by atoms with E-state index >= 15 is 0 Å². The van der Waals surface area contributed by atoms with E-state index in [0.717, 1.165) is 11.3 Å². The molecule has 5 nitrogen and oxygen atoms in total. The van der Waals surface area contributed by atoms with Crippen molar-refractivity contribution in [2.75, 3.05) is 12.4 Å². The smallest absolute Gasteiger partial charge is 0.289 e. The molecule has 0 aromatic heterocycles. The summed E-state index contributed by atoms with van der Waals surface area (Å²) in [5.74, 6) is 0.770. The van der Waals surface area contributed by atoms with Crippen LogP contribution in [-0.2, 0) is 6.54 Å². The van der Waals surface area contributed by atoms with E-state index in [2.05, 4.69) is 5.32 Å². The number of nitro benzene ring substituents is 1. The highest BCUT2D eigenvalue weighted by Gasteiger charge is 2.12. The molecule has 0 aliphatic carbocycles. The molecule has 0 heterocycles. The van der Waals surface area contributed by atoms with E-state index in [-0.39, 0.29) is 10.7 Å². The van der Waals surface area contributed by atoms with Crippen molar-refractivity contribution >= 4 is 23.0 Å². The lowest BCUT2D eigenvalue weighted by atomic mass is 10.2. The van der Waals surface area contributed by atoms with Crippen molar-refractivity contribution in [1.82, 2.24) is 0 Å². The van der Waals surface area contributed by atoms with Crippen LogP contribution in [0.4, 0.5) is 11.4 Å². The van der Waals surface area contributed by atoms with Gasteiger partial charge in [-0.3, -0.25) is 10.1 Å². The molecule has 0 fully saturated rings. The standard InChI is InChI=1S/C14H13ClN2O3/c1-20-12-4-2-3-10(7-12)9-16-11-5-6-13(15)14(8-11)17(18)19/h2-8,16H,9H2,1H3. The molecule has 0 amide bonds. The van der Waals surface area contributed by atoms with E-state index in [1.807, 2.05) is 24.3 Å². The second-order valence-corrected chi connectivity index (χ2v) is 4.54. The number of hydrogen-bond acceptors (Lipinski definition) is 4. The number of halogens is 1. The van der Waals surface area contributed by atoms with Gasteiger partial charge >= 0.3 is 0 Å². The molecule has 0 aliphatic rings. The Hall–Kier alpha value is -2.27. The van der Waals surface area contributed by atoms with Crippen molar-refractivity contribution < 1.29 is 9.66 Å². The normalized spacial score (nSPS) is 10.1. The highest BCUT2D eigenvalue weighted by atomic mass is 35.5. The van der Waals surface area contributed by atoms with Crippen molar-refractivity contribution in [2.24, 2.45) is 0 Å². The number of nitrogens with zero attached hydrogens (tertiary/aromatic N) is 1. The SMILES string of the molecule is COc1cccc(CNc2ccc(Cl)c([N+](=O)[O-])c2)c1. The number of nitrogens with one attached hydrogen (secondary N) is 1. The van der Waals surface area contributed by atoms with E-state index in [9.17, 15) is 10.1 Å². The van der Waals surface area contributed by atoms with Gasteiger partial charge in [0, 0.05) is 18.3 Å². The summed E-state index contributed by atoms with van der Waals surface area (Å²) in [4.78, 5) is 10.3. The molecule has 2 rings (SSSR count). The minimum absolute atomic E-state index is 0.109. The molecule has 0 radical (unpaired) electrons. The topological polar surface area (TPSA) is 64.4 Å². The van der Waals surface area contributed by atoms with Gasteiger partial charge in [-0.1, -0.05) is 23.7 Å². The first-order valence-corrected chi connectivity index (χ1v) is 6.28. The number of nitro groups is 1. The fourth-order valence-electron chi connectivity index (χ4n) is 1.75. The summed E-state index contributed by atoms with van der Waals surface area (Å²) in [6, 6.07) is 12.2. The Labute approximate surface area is 121 Å². The summed E-state index contributed by atoms with van der Waals surface area (Å²) in [6.07, 6.45) is 0. The van der Waals surface area contributed by atoms with Crippen LogP contribution in [0.2, 0.25) is 5.02 Å². The van der Waals surface area contributed by atoms with Crippen LogP contribution >= 0.6 is 11.6 Å². The van der Waals surface area contributed by atoms with Crippen LogP contribution in [0.1, 0.15) is 5.56 Å². The molecule has 6 heteroatoms. The van der Waals surface area contributed by atoms with E-state index < -0.39 is 4.92 Å². The molecule has 0 aliphatic heterocycles. The molecular weight excluding hydrogens is 280 g/mol. The summed E-state index contributed by atoms with van der Waals surface area (Å²) in [5.41, 5.74) is 1.55. The van der Waals surface area contributed by atoms with Gasteiger partial charge in [0.25, 0.3) is 5.69 Å². The Bertz CT molecular complexity index is 632. The zero-order valence-corrected chi connectivity index (χ0v) is 11.6. The van der Waals surface area contributed by atoms with Crippen LogP contribution in [-0.4, -0.2) is 12.0 Å². The molecule has 104 valence electrons. The fraction of sp³-hybridized carbons (Fsp3) is 0.143. The van der Waals surface area contributed by atoms with E-state index in [0.29, 0.717) is 12.2 Å². The molecule has 0 saturated heterocycles. The average molecular weight is 293 g/mol. The maximum absolute atomic E-state index is 10.8. The van der Waals surface area contributed by atoms with Crippen LogP contribution in [0.15, 0.2) is 42.5 Å². The first-order chi connectivity index (χ1) is 9.60. The lowest BCUT2D eigenvalue weighted by Gasteiger charge is -2.08. The quantitative estimate of drug-likeness (QED) is 0.671. The van der Waals surface area contributed by atoms with Gasteiger partial charge in [-0.25, -0.2) is 0 Å². The summed E-state index contributed by atoms with van der Waals surface area (Å²) in [6.45, 7) is 0.538. The second kappa shape index (κ2) is 6.25. The molecular formula is C14H13ClN2O3. The minimum Gasteiger partial charge on any atom is -0.497 e. The van der Waals surface area contributed by atoms with E-state index in [1.165, 1.54) is 12.1 Å². The Morgan fingerprint density at radius 3 is 2.80 bits per heavy atom. The predicted molar refractivity (Wildman–Crippen MR) is 78.4 cm³/mol. The molecule has 20 heavy (non-hydrogen) atoms. The molecule has 0 bridgehead atoms. The number of hydrogen-bond donors (Lipinski definition) is 1. The zero-order chi connectivity index (χ0) is 14.5. The van der Waals surface area contributed by atoms with Gasteiger partial charge in [-0.2, -0.15) is 0 Å². The van der Waals surface area contributed by atoms with Crippen LogP contribution in [0.3, 0.4) is 0 Å². The van der Waals surface area contributed by atoms with Crippen LogP contribution in [0.25, 0.3) is 0 Å². The number of benzene rings is 2. The number of rotatable bonds is 5. The summed E-state index contributed by atoms with van der Waals surface area (Å²) in [5, 5.41) is 14.1. The monoisotopic (exact) mass is 292 g/mol. The second-order valence-electron chi connectivity index (χ2n) is 4.13. The van der Waals surface area contributed by atoms with Crippen LogP contribution < -0.4 is 10.1 Å². The van der Waals surface area contributed by atoms with E-state index in [1.54, 1.807) is 13.2 Å². The molecule has 2 aromatic carbocycles. The van der Waals surface area contributed by atoms with Crippen molar-refractivity contribution in [1.29, 1.82) is 0 Å².